The Balaban J connectivity index is 1.37. The molecule has 2 saturated heterocycles. The number of nitrogens with one attached hydrogen (secondary N) is 1. The van der Waals surface area contributed by atoms with E-state index in [9.17, 15) is 24.6 Å². The summed E-state index contributed by atoms with van der Waals surface area (Å²) in [5.74, 6) is 3.03. The topological polar surface area (TPSA) is 142 Å². The Morgan fingerprint density at radius 1 is 0.824 bits per heavy atom. The lowest BCUT2D eigenvalue weighted by Gasteiger charge is -2.46. The number of rotatable bonds is 4. The van der Waals surface area contributed by atoms with Crippen LogP contribution in [0.4, 0.5) is 5.69 Å². The lowest BCUT2D eigenvalue weighted by molar-refractivity contribution is -0.178. The van der Waals surface area contributed by atoms with E-state index in [4.69, 9.17) is 10.5 Å². The van der Waals surface area contributed by atoms with Crippen LogP contribution in [-0.4, -0.2) is 44.5 Å². The van der Waals surface area contributed by atoms with Crippen molar-refractivity contribution in [1.82, 2.24) is 4.90 Å². The summed E-state index contributed by atoms with van der Waals surface area (Å²) in [7, 11) is 0. The number of nitrogens with zero attached hydrogens (tertiary/aromatic N) is 1. The summed E-state index contributed by atoms with van der Waals surface area (Å²) in [6.07, 6.45) is 4.29. The maximum Gasteiger partial charge on any atom is 0.324 e. The summed E-state index contributed by atoms with van der Waals surface area (Å²) in [5.41, 5.74) is 7.21. The first-order valence-electron chi connectivity index (χ1n) is 17.6. The summed E-state index contributed by atoms with van der Waals surface area (Å²) in [5, 5.41) is 24.7. The minimum atomic E-state index is -1.70. The van der Waals surface area contributed by atoms with E-state index in [2.05, 4.69) is 17.2 Å². The van der Waals surface area contributed by atoms with E-state index < -0.39 is 58.9 Å². The Morgan fingerprint density at radius 2 is 1.47 bits per heavy atom. The third-order valence-electron chi connectivity index (χ3n) is 11.2. The van der Waals surface area contributed by atoms with Gasteiger partial charge >= 0.3 is 5.97 Å². The van der Waals surface area contributed by atoms with Gasteiger partial charge in [0.2, 0.25) is 11.8 Å². The van der Waals surface area contributed by atoms with E-state index in [1.54, 1.807) is 30.3 Å². The molecular formula is C42H39N3O6. The molecule has 0 radical (unpaired) electrons. The number of morpholine rings is 1. The van der Waals surface area contributed by atoms with Gasteiger partial charge in [-0.05, 0) is 78.3 Å². The van der Waals surface area contributed by atoms with Crippen molar-refractivity contribution >= 4 is 23.5 Å². The fourth-order valence-electron chi connectivity index (χ4n) is 8.98. The van der Waals surface area contributed by atoms with Gasteiger partial charge in [-0.3, -0.25) is 19.3 Å². The molecule has 2 amide bonds. The molecule has 3 heterocycles. The predicted molar refractivity (Wildman–Crippen MR) is 190 cm³/mol. The molecule has 1 spiro atoms. The maximum atomic E-state index is 14.8. The number of benzene rings is 4. The van der Waals surface area contributed by atoms with Crippen LogP contribution in [0, 0.1) is 17.8 Å². The van der Waals surface area contributed by atoms with Gasteiger partial charge in [0.1, 0.15) is 28.9 Å². The summed E-state index contributed by atoms with van der Waals surface area (Å²) >= 11 is 0. The highest BCUT2D eigenvalue weighted by Gasteiger charge is 2.73. The Hall–Kier alpha value is -5.43. The minimum absolute atomic E-state index is 0.0268. The molecule has 6 unspecified atom stereocenters. The molecule has 3 aliphatic heterocycles. The molecule has 0 bridgehead atoms. The third-order valence-corrected chi connectivity index (χ3v) is 11.2. The van der Waals surface area contributed by atoms with Crippen LogP contribution in [0.5, 0.6) is 5.75 Å². The van der Waals surface area contributed by atoms with Crippen molar-refractivity contribution in [3.05, 3.63) is 131 Å². The Kier molecular flexibility index (Phi) is 8.17. The number of phenols is 1. The standard InChI is InChI=1S/C42H39N3O6/c43-38(47)33-35-39(48)51-36(28-13-7-4-8-14-28)34(27-11-5-3-6-12-27)45(35)37(29-16-18-30(46)19-17-29)42(33)31-25-26(15-20-32(31)44-40(42)49)21-24-41(50)22-9-1-2-10-23-41/h3-8,11-20,25,33-37,46,50H,1-2,9-10,22-23H2,(H2,43,47)(H,44,49). The first-order valence-corrected chi connectivity index (χ1v) is 17.6. The van der Waals surface area contributed by atoms with Gasteiger partial charge in [-0.2, -0.15) is 0 Å². The molecule has 9 nitrogen and oxygen atoms in total. The van der Waals surface area contributed by atoms with Crippen molar-refractivity contribution in [2.24, 2.45) is 11.7 Å². The second-order valence-electron chi connectivity index (χ2n) is 14.2. The Morgan fingerprint density at radius 3 is 2.12 bits per heavy atom. The zero-order valence-corrected chi connectivity index (χ0v) is 28.0. The van der Waals surface area contributed by atoms with Crippen molar-refractivity contribution in [2.45, 2.75) is 73.8 Å². The number of nitrogens with two attached hydrogens (primary N) is 1. The number of phenolic OH excluding ortho intramolecular Hbond substituents is 1. The minimum Gasteiger partial charge on any atom is -0.508 e. The van der Waals surface area contributed by atoms with Gasteiger partial charge in [0.25, 0.3) is 0 Å². The van der Waals surface area contributed by atoms with Crippen molar-refractivity contribution < 1.29 is 29.3 Å². The molecule has 5 N–H and O–H groups in total. The number of ether oxygens (including phenoxy) is 1. The average Bonchev–Trinajstić information content (AvgIpc) is 3.51. The normalized spacial score (nSPS) is 28.1. The Labute approximate surface area is 296 Å². The van der Waals surface area contributed by atoms with Crippen LogP contribution < -0.4 is 11.1 Å². The Bertz CT molecular complexity index is 2050. The van der Waals surface area contributed by atoms with Crippen molar-refractivity contribution in [2.75, 3.05) is 5.32 Å². The number of fused-ring (bicyclic) bond motifs is 3. The number of amides is 2. The van der Waals surface area contributed by atoms with Crippen LogP contribution in [-0.2, 0) is 24.5 Å². The maximum absolute atomic E-state index is 14.8. The average molecular weight is 682 g/mol. The van der Waals surface area contributed by atoms with Crippen molar-refractivity contribution in [1.29, 1.82) is 0 Å². The van der Waals surface area contributed by atoms with Crippen molar-refractivity contribution in [3.63, 3.8) is 0 Å². The molecule has 8 rings (SSSR count). The highest BCUT2D eigenvalue weighted by Crippen LogP contribution is 2.64. The van der Waals surface area contributed by atoms with E-state index in [0.29, 0.717) is 35.2 Å². The number of esters is 1. The number of aromatic hydroxyl groups is 1. The van der Waals surface area contributed by atoms with E-state index in [0.717, 1.165) is 36.8 Å². The van der Waals surface area contributed by atoms with E-state index in [-0.39, 0.29) is 5.75 Å². The van der Waals surface area contributed by atoms with Crippen LogP contribution in [0.15, 0.2) is 103 Å². The molecule has 3 fully saturated rings. The van der Waals surface area contributed by atoms with Gasteiger partial charge in [-0.15, -0.1) is 0 Å². The second-order valence-corrected chi connectivity index (χ2v) is 14.2. The number of hydrogen-bond acceptors (Lipinski definition) is 7. The third kappa shape index (κ3) is 5.38. The highest BCUT2D eigenvalue weighted by molar-refractivity contribution is 6.12. The number of hydrogen-bond donors (Lipinski definition) is 4. The van der Waals surface area contributed by atoms with Gasteiger partial charge in [0.05, 0.1) is 18.0 Å². The monoisotopic (exact) mass is 681 g/mol. The number of carbonyl (C=O) groups is 3. The molecule has 258 valence electrons. The molecule has 0 aromatic heterocycles. The zero-order chi connectivity index (χ0) is 35.3. The predicted octanol–water partition coefficient (Wildman–Crippen LogP) is 5.59. The molecular weight excluding hydrogens is 642 g/mol. The molecule has 1 aliphatic carbocycles. The molecule has 4 aromatic rings. The van der Waals surface area contributed by atoms with Crippen LogP contribution in [0.3, 0.4) is 0 Å². The van der Waals surface area contributed by atoms with Crippen LogP contribution in [0.25, 0.3) is 0 Å². The largest absolute Gasteiger partial charge is 0.508 e. The fraction of sp³-hybridized carbons (Fsp3) is 0.310. The number of anilines is 1. The summed E-state index contributed by atoms with van der Waals surface area (Å²) in [4.78, 5) is 45.2. The second kappa shape index (κ2) is 12.7. The highest BCUT2D eigenvalue weighted by atomic mass is 16.6. The van der Waals surface area contributed by atoms with Gasteiger partial charge in [-0.25, -0.2) is 0 Å². The molecule has 6 atom stereocenters. The number of primary amides is 1. The fourth-order valence-corrected chi connectivity index (χ4v) is 8.98. The first kappa shape index (κ1) is 32.8. The van der Waals surface area contributed by atoms with Gasteiger partial charge in [0, 0.05) is 11.3 Å². The summed E-state index contributed by atoms with van der Waals surface area (Å²) in [6.45, 7) is 0. The van der Waals surface area contributed by atoms with Gasteiger partial charge in [-0.1, -0.05) is 97.5 Å². The SMILES string of the molecule is NC(=O)C1C2C(=O)OC(c3ccccc3)C(c3ccccc3)N2C(c2ccc(O)cc2)C12C(=O)Nc1ccc(C#CC3(O)CCCCCC3)cc12. The van der Waals surface area contributed by atoms with E-state index >= 15 is 0 Å². The molecule has 9 heteroatoms. The summed E-state index contributed by atoms with van der Waals surface area (Å²) in [6, 6.07) is 28.1. The summed E-state index contributed by atoms with van der Waals surface area (Å²) < 4.78 is 6.30. The molecule has 4 aromatic carbocycles. The van der Waals surface area contributed by atoms with Crippen LogP contribution in [0.2, 0.25) is 0 Å². The smallest absolute Gasteiger partial charge is 0.324 e. The quantitative estimate of drug-likeness (QED) is 0.125. The molecule has 51 heavy (non-hydrogen) atoms. The lowest BCUT2D eigenvalue weighted by Crippen LogP contribution is -2.53. The first-order chi connectivity index (χ1) is 24.7. The number of carbonyl (C=O) groups excluding carboxylic acids is 3. The van der Waals surface area contributed by atoms with Gasteiger partial charge in [0.15, 0.2) is 0 Å². The van der Waals surface area contributed by atoms with E-state index in [1.165, 1.54) is 12.1 Å². The zero-order valence-electron chi connectivity index (χ0n) is 28.0. The molecule has 1 saturated carbocycles. The number of aliphatic hydroxyl groups is 1. The van der Waals surface area contributed by atoms with E-state index in [1.807, 2.05) is 65.6 Å². The van der Waals surface area contributed by atoms with Crippen LogP contribution >= 0.6 is 0 Å². The lowest BCUT2D eigenvalue weighted by atomic mass is 9.65. The van der Waals surface area contributed by atoms with Crippen LogP contribution in [0.1, 0.15) is 84.5 Å². The molecule has 4 aliphatic rings. The van der Waals surface area contributed by atoms with Crippen molar-refractivity contribution in [3.8, 4) is 17.6 Å². The van der Waals surface area contributed by atoms with Gasteiger partial charge < -0.3 is 26.0 Å². The number of cyclic esters (lactones) is 1.